The lowest BCUT2D eigenvalue weighted by Crippen LogP contribution is -1.92. The second-order valence-electron chi connectivity index (χ2n) is 4.25. The minimum atomic E-state index is 0.772. The maximum atomic E-state index is 5.16. The molecule has 21 heavy (non-hydrogen) atoms. The fourth-order valence-corrected chi connectivity index (χ4v) is 2.75. The van der Waals surface area contributed by atoms with E-state index in [-0.39, 0.29) is 0 Å². The van der Waals surface area contributed by atoms with Crippen molar-refractivity contribution in [3.8, 4) is 17.0 Å². The number of anilines is 2. The van der Waals surface area contributed by atoms with Crippen LogP contribution in [0.3, 0.4) is 0 Å². The van der Waals surface area contributed by atoms with E-state index in [1.807, 2.05) is 41.8 Å². The van der Waals surface area contributed by atoms with Crippen molar-refractivity contribution in [3.05, 3.63) is 52.4 Å². The highest BCUT2D eigenvalue weighted by molar-refractivity contribution is 9.10. The van der Waals surface area contributed by atoms with Crippen LogP contribution < -0.4 is 10.1 Å². The van der Waals surface area contributed by atoms with Gasteiger partial charge in [0.2, 0.25) is 0 Å². The Morgan fingerprint density at radius 3 is 2.62 bits per heavy atom. The fourth-order valence-electron chi connectivity index (χ4n) is 1.78. The van der Waals surface area contributed by atoms with E-state index in [1.165, 1.54) is 0 Å². The molecule has 0 bridgehead atoms. The minimum Gasteiger partial charge on any atom is -0.497 e. The fraction of sp³-hybridized carbons (Fsp3) is 0.0667. The van der Waals surface area contributed by atoms with Gasteiger partial charge in [-0.3, -0.25) is 0 Å². The zero-order valence-corrected chi connectivity index (χ0v) is 13.6. The van der Waals surface area contributed by atoms with E-state index >= 15 is 0 Å². The topological polar surface area (TPSA) is 47.0 Å². The third kappa shape index (κ3) is 3.40. The second-order valence-corrected chi connectivity index (χ2v) is 6.03. The van der Waals surface area contributed by atoms with Gasteiger partial charge in [-0.2, -0.15) is 0 Å². The van der Waals surface area contributed by atoms with Gasteiger partial charge in [0, 0.05) is 21.6 Å². The summed E-state index contributed by atoms with van der Waals surface area (Å²) in [5, 5.41) is 6.03. The maximum Gasteiger partial charge on any atom is 0.188 e. The van der Waals surface area contributed by atoms with Gasteiger partial charge >= 0.3 is 0 Å². The van der Waals surface area contributed by atoms with Gasteiger partial charge in [-0.25, -0.2) is 9.97 Å². The summed E-state index contributed by atoms with van der Waals surface area (Å²) in [5.74, 6) is 1.61. The number of aromatic nitrogens is 2. The van der Waals surface area contributed by atoms with Gasteiger partial charge in [-0.15, -0.1) is 11.3 Å². The van der Waals surface area contributed by atoms with Gasteiger partial charge in [0.1, 0.15) is 11.6 Å². The molecule has 0 unspecified atom stereocenters. The van der Waals surface area contributed by atoms with E-state index in [2.05, 4.69) is 31.2 Å². The molecule has 6 heteroatoms. The van der Waals surface area contributed by atoms with Crippen LogP contribution in [0.15, 0.2) is 52.4 Å². The average Bonchev–Trinajstić information content (AvgIpc) is 2.98. The molecule has 3 rings (SSSR count). The summed E-state index contributed by atoms with van der Waals surface area (Å²) in [7, 11) is 1.66. The predicted molar refractivity (Wildman–Crippen MR) is 89.3 cm³/mol. The smallest absolute Gasteiger partial charge is 0.188 e. The number of ether oxygens (including phenoxy) is 1. The Hall–Kier alpha value is -1.92. The number of methoxy groups -OCH3 is 1. The Bertz CT molecular complexity index is 725. The van der Waals surface area contributed by atoms with Crippen molar-refractivity contribution in [1.82, 2.24) is 9.97 Å². The highest BCUT2D eigenvalue weighted by Gasteiger charge is 2.05. The van der Waals surface area contributed by atoms with Gasteiger partial charge in [-0.1, -0.05) is 0 Å². The van der Waals surface area contributed by atoms with Crippen LogP contribution in [0.25, 0.3) is 11.3 Å². The molecule has 0 saturated carbocycles. The minimum absolute atomic E-state index is 0.772. The molecule has 0 radical (unpaired) electrons. The first-order valence-corrected chi connectivity index (χ1v) is 7.90. The third-order valence-electron chi connectivity index (χ3n) is 2.85. The number of halogens is 1. The molecule has 0 aliphatic heterocycles. The van der Waals surface area contributed by atoms with Crippen LogP contribution >= 0.6 is 27.3 Å². The second kappa shape index (κ2) is 6.24. The van der Waals surface area contributed by atoms with Crippen molar-refractivity contribution in [2.45, 2.75) is 0 Å². The number of thiazole rings is 1. The van der Waals surface area contributed by atoms with Crippen LogP contribution in [0.4, 0.5) is 10.9 Å². The van der Waals surface area contributed by atoms with E-state index < -0.39 is 0 Å². The Balaban J connectivity index is 1.77. The highest BCUT2D eigenvalue weighted by Crippen LogP contribution is 2.28. The molecule has 1 N–H and O–H groups in total. The Morgan fingerprint density at radius 1 is 1.14 bits per heavy atom. The summed E-state index contributed by atoms with van der Waals surface area (Å²) >= 11 is 4.91. The largest absolute Gasteiger partial charge is 0.497 e. The van der Waals surface area contributed by atoms with Gasteiger partial charge in [0.25, 0.3) is 0 Å². The first-order chi connectivity index (χ1) is 10.2. The molecular formula is C15H12BrN3OS. The number of hydrogen-bond donors (Lipinski definition) is 1. The van der Waals surface area contributed by atoms with Crippen LogP contribution in [0.2, 0.25) is 0 Å². The summed E-state index contributed by atoms with van der Waals surface area (Å²) < 4.78 is 6.11. The van der Waals surface area contributed by atoms with Crippen LogP contribution in [-0.2, 0) is 0 Å². The van der Waals surface area contributed by atoms with Gasteiger partial charge in [0.05, 0.1) is 12.8 Å². The molecule has 0 atom stereocenters. The lowest BCUT2D eigenvalue weighted by atomic mass is 10.2. The summed E-state index contributed by atoms with van der Waals surface area (Å²) in [4.78, 5) is 8.84. The van der Waals surface area contributed by atoms with E-state index in [0.29, 0.717) is 0 Å². The molecule has 0 amide bonds. The molecule has 0 aliphatic rings. The molecular weight excluding hydrogens is 350 g/mol. The molecule has 3 aromatic rings. The maximum absolute atomic E-state index is 5.16. The number of nitrogens with zero attached hydrogens (tertiary/aromatic N) is 2. The van der Waals surface area contributed by atoms with Crippen LogP contribution in [0.5, 0.6) is 5.75 Å². The Labute approximate surface area is 135 Å². The summed E-state index contributed by atoms with van der Waals surface area (Å²) in [6, 6.07) is 11.7. The van der Waals surface area contributed by atoms with Crippen molar-refractivity contribution in [2.24, 2.45) is 0 Å². The van der Waals surface area contributed by atoms with E-state index in [9.17, 15) is 0 Å². The van der Waals surface area contributed by atoms with Crippen LogP contribution in [0.1, 0.15) is 0 Å². The quantitative estimate of drug-likeness (QED) is 0.730. The Morgan fingerprint density at radius 2 is 1.95 bits per heavy atom. The predicted octanol–water partition coefficient (Wildman–Crippen LogP) is 4.72. The average molecular weight is 362 g/mol. The first kappa shape index (κ1) is 14.0. The molecule has 0 aliphatic carbocycles. The van der Waals surface area contributed by atoms with Crippen LogP contribution in [-0.4, -0.2) is 17.1 Å². The van der Waals surface area contributed by atoms with Crippen molar-refractivity contribution in [2.75, 3.05) is 12.4 Å². The van der Waals surface area contributed by atoms with E-state index in [4.69, 9.17) is 4.74 Å². The van der Waals surface area contributed by atoms with Crippen molar-refractivity contribution in [3.63, 3.8) is 0 Å². The monoisotopic (exact) mass is 361 g/mol. The molecule has 1 aromatic carbocycles. The lowest BCUT2D eigenvalue weighted by molar-refractivity contribution is 0.415. The van der Waals surface area contributed by atoms with Gasteiger partial charge in [-0.05, 0) is 52.3 Å². The number of benzene rings is 1. The Kier molecular flexibility index (Phi) is 4.17. The summed E-state index contributed by atoms with van der Waals surface area (Å²) in [5.41, 5.74) is 1.99. The van der Waals surface area contributed by atoms with Gasteiger partial charge in [0.15, 0.2) is 5.13 Å². The molecule has 0 saturated heterocycles. The standard InChI is InChI=1S/C15H12BrN3OS/c1-20-12-5-2-10(3-6-12)13-9-21-15(18-13)19-14-7-4-11(16)8-17-14/h2-9H,1H3,(H,17,18,19). The van der Waals surface area contributed by atoms with E-state index in [1.54, 1.807) is 24.6 Å². The zero-order valence-electron chi connectivity index (χ0n) is 11.2. The summed E-state index contributed by atoms with van der Waals surface area (Å²) in [6.45, 7) is 0. The molecule has 106 valence electrons. The highest BCUT2D eigenvalue weighted by atomic mass is 79.9. The van der Waals surface area contributed by atoms with Crippen LogP contribution in [0, 0.1) is 0 Å². The SMILES string of the molecule is COc1ccc(-c2csc(Nc3ccc(Br)cn3)n2)cc1. The number of pyridine rings is 1. The molecule has 2 aromatic heterocycles. The zero-order chi connectivity index (χ0) is 14.7. The molecule has 0 fully saturated rings. The lowest BCUT2D eigenvalue weighted by Gasteiger charge is -2.02. The summed E-state index contributed by atoms with van der Waals surface area (Å²) in [6.07, 6.45) is 1.75. The molecule has 4 nitrogen and oxygen atoms in total. The van der Waals surface area contributed by atoms with Gasteiger partial charge < -0.3 is 10.1 Å². The number of nitrogens with one attached hydrogen (secondary N) is 1. The first-order valence-electron chi connectivity index (χ1n) is 6.23. The van der Waals surface area contributed by atoms with Crippen molar-refractivity contribution in [1.29, 1.82) is 0 Å². The number of hydrogen-bond acceptors (Lipinski definition) is 5. The van der Waals surface area contributed by atoms with Crippen molar-refractivity contribution < 1.29 is 4.74 Å². The van der Waals surface area contributed by atoms with Crippen molar-refractivity contribution >= 4 is 38.2 Å². The third-order valence-corrected chi connectivity index (χ3v) is 4.08. The molecule has 0 spiro atoms. The van der Waals surface area contributed by atoms with E-state index in [0.717, 1.165) is 32.4 Å². The number of rotatable bonds is 4. The molecule has 2 heterocycles. The normalized spacial score (nSPS) is 10.4.